The predicted molar refractivity (Wildman–Crippen MR) is 95.6 cm³/mol. The second kappa shape index (κ2) is 9.33. The lowest BCUT2D eigenvalue weighted by Crippen LogP contribution is -2.38. The van der Waals surface area contributed by atoms with Crippen LogP contribution in [0.5, 0.6) is 0 Å². The fraction of sp³-hybridized carbons (Fsp3) is 0.467. The van der Waals surface area contributed by atoms with Crippen molar-refractivity contribution < 1.29 is 9.59 Å². The highest BCUT2D eigenvalue weighted by atomic mass is 35.5. The smallest absolute Gasteiger partial charge is 0.243 e. The summed E-state index contributed by atoms with van der Waals surface area (Å²) in [4.78, 5) is 25.5. The predicted octanol–water partition coefficient (Wildman–Crippen LogP) is 2.95. The third-order valence-corrected chi connectivity index (χ3v) is 4.33. The standard InChI is InChI=1S/C15H19Cl2N3O2.ClH/c1-20(15(22)8-10-3-2-6-18-10)9-14(21)19-11-4-5-12(16)13(17)7-11;/h4-5,7,10,18H,2-3,6,8-9H2,1H3,(H,19,21);1H. The Morgan fingerprint density at radius 1 is 1.35 bits per heavy atom. The van der Waals surface area contributed by atoms with Crippen LogP contribution in [-0.4, -0.2) is 42.9 Å². The molecule has 1 atom stereocenters. The van der Waals surface area contributed by atoms with E-state index in [4.69, 9.17) is 23.2 Å². The van der Waals surface area contributed by atoms with Crippen molar-refractivity contribution in [1.29, 1.82) is 0 Å². The molecular formula is C15H20Cl3N3O2. The molecule has 1 aliphatic heterocycles. The van der Waals surface area contributed by atoms with Crippen molar-refractivity contribution in [2.45, 2.75) is 25.3 Å². The van der Waals surface area contributed by atoms with E-state index in [1.807, 2.05) is 0 Å². The minimum Gasteiger partial charge on any atom is -0.336 e. The van der Waals surface area contributed by atoms with Crippen molar-refractivity contribution in [3.63, 3.8) is 0 Å². The minimum absolute atomic E-state index is 0. The Morgan fingerprint density at radius 3 is 2.70 bits per heavy atom. The molecule has 1 fully saturated rings. The normalized spacial score (nSPS) is 16.6. The Morgan fingerprint density at radius 2 is 2.09 bits per heavy atom. The first kappa shape index (κ1) is 20.0. The summed E-state index contributed by atoms with van der Waals surface area (Å²) in [7, 11) is 1.63. The summed E-state index contributed by atoms with van der Waals surface area (Å²) in [5.41, 5.74) is 0.553. The van der Waals surface area contributed by atoms with Gasteiger partial charge >= 0.3 is 0 Å². The van der Waals surface area contributed by atoms with Gasteiger partial charge in [-0.1, -0.05) is 23.2 Å². The molecule has 1 aromatic carbocycles. The zero-order valence-corrected chi connectivity index (χ0v) is 15.1. The van der Waals surface area contributed by atoms with Crippen molar-refractivity contribution in [2.24, 2.45) is 0 Å². The molecule has 1 heterocycles. The summed E-state index contributed by atoms with van der Waals surface area (Å²) < 4.78 is 0. The van der Waals surface area contributed by atoms with Crippen molar-refractivity contribution >= 4 is 53.1 Å². The van der Waals surface area contributed by atoms with Gasteiger partial charge in [-0.25, -0.2) is 0 Å². The highest BCUT2D eigenvalue weighted by Crippen LogP contribution is 2.24. The Kier molecular flexibility index (Phi) is 8.12. The van der Waals surface area contributed by atoms with Crippen LogP contribution in [-0.2, 0) is 9.59 Å². The molecule has 23 heavy (non-hydrogen) atoms. The number of amides is 2. The lowest BCUT2D eigenvalue weighted by Gasteiger charge is -2.19. The Labute approximate surface area is 152 Å². The van der Waals surface area contributed by atoms with Gasteiger partial charge in [0.15, 0.2) is 0 Å². The Balaban J connectivity index is 0.00000264. The van der Waals surface area contributed by atoms with Gasteiger partial charge in [-0.3, -0.25) is 9.59 Å². The molecule has 2 N–H and O–H groups in total. The van der Waals surface area contributed by atoms with E-state index in [2.05, 4.69) is 10.6 Å². The first-order valence-corrected chi connectivity index (χ1v) is 7.93. The molecule has 1 unspecified atom stereocenters. The van der Waals surface area contributed by atoms with E-state index in [9.17, 15) is 9.59 Å². The van der Waals surface area contributed by atoms with Gasteiger partial charge in [-0.2, -0.15) is 0 Å². The number of likely N-dealkylation sites (N-methyl/N-ethyl adjacent to an activating group) is 1. The largest absolute Gasteiger partial charge is 0.336 e. The van der Waals surface area contributed by atoms with Crippen molar-refractivity contribution in [1.82, 2.24) is 10.2 Å². The fourth-order valence-corrected chi connectivity index (χ4v) is 2.67. The van der Waals surface area contributed by atoms with Gasteiger partial charge in [0.25, 0.3) is 0 Å². The summed E-state index contributed by atoms with van der Waals surface area (Å²) in [6.45, 7) is 0.964. The third-order valence-electron chi connectivity index (χ3n) is 3.59. The van der Waals surface area contributed by atoms with E-state index in [-0.39, 0.29) is 36.8 Å². The lowest BCUT2D eigenvalue weighted by atomic mass is 10.1. The Hall–Kier alpha value is -1.01. The quantitative estimate of drug-likeness (QED) is 0.825. The number of carbonyl (C=O) groups excluding carboxylic acids is 2. The molecule has 8 heteroatoms. The molecule has 128 valence electrons. The maximum absolute atomic E-state index is 12.1. The van der Waals surface area contributed by atoms with Crippen molar-refractivity contribution in [3.05, 3.63) is 28.2 Å². The van der Waals surface area contributed by atoms with Crippen molar-refractivity contribution in [3.8, 4) is 0 Å². The number of rotatable bonds is 5. The van der Waals surface area contributed by atoms with Crippen LogP contribution in [0.3, 0.4) is 0 Å². The second-order valence-corrected chi connectivity index (χ2v) is 6.24. The number of nitrogens with zero attached hydrogens (tertiary/aromatic N) is 1. The average Bonchev–Trinajstić information content (AvgIpc) is 2.95. The van der Waals surface area contributed by atoms with Gasteiger partial charge in [0.05, 0.1) is 16.6 Å². The van der Waals surface area contributed by atoms with Gasteiger partial charge in [0.2, 0.25) is 11.8 Å². The van der Waals surface area contributed by atoms with Gasteiger partial charge in [0.1, 0.15) is 0 Å². The summed E-state index contributed by atoms with van der Waals surface area (Å²) >= 11 is 11.7. The molecule has 2 rings (SSSR count). The molecule has 0 saturated carbocycles. The molecule has 0 aliphatic carbocycles. The first-order valence-electron chi connectivity index (χ1n) is 7.18. The fourth-order valence-electron chi connectivity index (χ4n) is 2.38. The van der Waals surface area contributed by atoms with Crippen LogP contribution < -0.4 is 10.6 Å². The van der Waals surface area contributed by atoms with Gasteiger partial charge in [0, 0.05) is 25.2 Å². The molecule has 0 spiro atoms. The van der Waals surface area contributed by atoms with E-state index < -0.39 is 0 Å². The van der Waals surface area contributed by atoms with Crippen LogP contribution >= 0.6 is 35.6 Å². The maximum Gasteiger partial charge on any atom is 0.243 e. The van der Waals surface area contributed by atoms with E-state index in [1.54, 1.807) is 25.2 Å². The zero-order chi connectivity index (χ0) is 16.1. The summed E-state index contributed by atoms with van der Waals surface area (Å²) in [5.74, 6) is -0.308. The topological polar surface area (TPSA) is 61.4 Å². The van der Waals surface area contributed by atoms with Crippen LogP contribution in [0.4, 0.5) is 5.69 Å². The molecule has 1 aromatic rings. The van der Waals surface area contributed by atoms with Crippen LogP contribution in [0, 0.1) is 0 Å². The molecule has 0 aromatic heterocycles. The summed E-state index contributed by atoms with van der Waals surface area (Å²) in [6, 6.07) is 5.08. The summed E-state index contributed by atoms with van der Waals surface area (Å²) in [5, 5.41) is 6.77. The summed E-state index contributed by atoms with van der Waals surface area (Å²) in [6.07, 6.45) is 2.53. The number of hydrogen-bond donors (Lipinski definition) is 2. The molecule has 1 aliphatic rings. The van der Waals surface area contributed by atoms with Crippen molar-refractivity contribution in [2.75, 3.05) is 25.5 Å². The monoisotopic (exact) mass is 379 g/mol. The molecular weight excluding hydrogens is 361 g/mol. The van der Waals surface area contributed by atoms with Crippen LogP contribution in [0.25, 0.3) is 0 Å². The lowest BCUT2D eigenvalue weighted by molar-refractivity contribution is -0.133. The molecule has 2 amide bonds. The number of halogens is 3. The third kappa shape index (κ3) is 6.18. The van der Waals surface area contributed by atoms with E-state index >= 15 is 0 Å². The number of hydrogen-bond acceptors (Lipinski definition) is 3. The second-order valence-electron chi connectivity index (χ2n) is 5.42. The van der Waals surface area contributed by atoms with Gasteiger partial charge < -0.3 is 15.5 Å². The molecule has 5 nitrogen and oxygen atoms in total. The van der Waals surface area contributed by atoms with Crippen LogP contribution in [0.2, 0.25) is 10.0 Å². The highest BCUT2D eigenvalue weighted by Gasteiger charge is 2.21. The number of nitrogens with one attached hydrogen (secondary N) is 2. The number of benzene rings is 1. The Bertz CT molecular complexity index is 563. The SMILES string of the molecule is CN(CC(=O)Nc1ccc(Cl)c(Cl)c1)C(=O)CC1CCCN1.Cl. The number of anilines is 1. The average molecular weight is 381 g/mol. The zero-order valence-electron chi connectivity index (χ0n) is 12.8. The highest BCUT2D eigenvalue weighted by molar-refractivity contribution is 6.42. The number of carbonyl (C=O) groups is 2. The van der Waals surface area contributed by atoms with E-state index in [0.717, 1.165) is 19.4 Å². The molecule has 0 radical (unpaired) electrons. The van der Waals surface area contributed by atoms with Crippen LogP contribution in [0.15, 0.2) is 18.2 Å². The van der Waals surface area contributed by atoms with E-state index in [0.29, 0.717) is 22.2 Å². The maximum atomic E-state index is 12.1. The van der Waals surface area contributed by atoms with Crippen LogP contribution in [0.1, 0.15) is 19.3 Å². The minimum atomic E-state index is -0.270. The first-order chi connectivity index (χ1) is 10.5. The molecule has 1 saturated heterocycles. The van der Waals surface area contributed by atoms with Gasteiger partial charge in [-0.05, 0) is 37.6 Å². The van der Waals surface area contributed by atoms with Gasteiger partial charge in [-0.15, -0.1) is 12.4 Å². The molecule has 0 bridgehead atoms. The van der Waals surface area contributed by atoms with E-state index in [1.165, 1.54) is 4.90 Å².